The fourth-order valence-corrected chi connectivity index (χ4v) is 2.20. The molecule has 1 amide bonds. The highest BCUT2D eigenvalue weighted by molar-refractivity contribution is 5.95. The van der Waals surface area contributed by atoms with Crippen molar-refractivity contribution in [1.29, 1.82) is 0 Å². The topological polar surface area (TPSA) is 75.4 Å². The summed E-state index contributed by atoms with van der Waals surface area (Å²) in [7, 11) is 0. The lowest BCUT2D eigenvalue weighted by Crippen LogP contribution is -2.16. The zero-order valence-corrected chi connectivity index (χ0v) is 10.2. The highest BCUT2D eigenvalue weighted by Crippen LogP contribution is 2.48. The average Bonchev–Trinajstić information content (AvgIpc) is 3.06. The van der Waals surface area contributed by atoms with E-state index in [0.717, 1.165) is 12.2 Å². The third-order valence-corrected chi connectivity index (χ3v) is 3.38. The Morgan fingerprint density at radius 1 is 1.53 bits per heavy atom. The Kier molecular flexibility index (Phi) is 3.05. The van der Waals surface area contributed by atoms with Crippen LogP contribution in [-0.2, 0) is 11.4 Å². The Hall–Kier alpha value is -2.14. The maximum Gasteiger partial charge on any atom is 0.228 e. The molecule has 2 atom stereocenters. The lowest BCUT2D eigenvalue weighted by molar-refractivity contribution is -0.117. The Bertz CT molecular complexity index is 580. The molecule has 5 heteroatoms. The monoisotopic (exact) mass is 258 g/mol. The summed E-state index contributed by atoms with van der Waals surface area (Å²) in [5.41, 5.74) is 1.23. The second kappa shape index (κ2) is 4.85. The summed E-state index contributed by atoms with van der Waals surface area (Å²) in [6, 6.07) is 5.40. The van der Waals surface area contributed by atoms with Gasteiger partial charge >= 0.3 is 0 Å². The van der Waals surface area contributed by atoms with Gasteiger partial charge < -0.3 is 14.8 Å². The summed E-state index contributed by atoms with van der Waals surface area (Å²) in [6.07, 6.45) is 5.55. The summed E-state index contributed by atoms with van der Waals surface area (Å²) >= 11 is 0. The van der Waals surface area contributed by atoms with Gasteiger partial charge in [0, 0.05) is 23.6 Å². The lowest BCUT2D eigenvalue weighted by Gasteiger charge is -2.08. The number of aliphatic hydroxyl groups excluding tert-OH is 1. The molecule has 2 heterocycles. The minimum absolute atomic E-state index is 0.0518. The standard InChI is InChI=1S/C14H14N2O3/c17-8-9-3-4-15-7-12(9)16-14(18)11-6-10(11)13-2-1-5-19-13/h1-5,7,10-11,17H,6,8H2,(H,16,18). The maximum absolute atomic E-state index is 12.1. The predicted octanol–water partition coefficient (Wildman–Crippen LogP) is 1.91. The average molecular weight is 258 g/mol. The highest BCUT2D eigenvalue weighted by Gasteiger charge is 2.45. The number of nitrogens with zero attached hydrogens (tertiary/aromatic N) is 1. The first kappa shape index (κ1) is 11.9. The molecule has 3 rings (SSSR count). The van der Waals surface area contributed by atoms with E-state index < -0.39 is 0 Å². The molecule has 0 bridgehead atoms. The van der Waals surface area contributed by atoms with E-state index in [1.165, 1.54) is 0 Å². The van der Waals surface area contributed by atoms with Crippen LogP contribution in [-0.4, -0.2) is 16.0 Å². The van der Waals surface area contributed by atoms with Gasteiger partial charge in [-0.25, -0.2) is 0 Å². The number of carbonyl (C=O) groups is 1. The molecule has 2 aromatic rings. The second-order valence-corrected chi connectivity index (χ2v) is 4.64. The molecule has 2 aromatic heterocycles. The van der Waals surface area contributed by atoms with Crippen LogP contribution in [0.5, 0.6) is 0 Å². The van der Waals surface area contributed by atoms with Crippen LogP contribution >= 0.6 is 0 Å². The molecule has 19 heavy (non-hydrogen) atoms. The Labute approximate surface area is 110 Å². The van der Waals surface area contributed by atoms with E-state index >= 15 is 0 Å². The van der Waals surface area contributed by atoms with Gasteiger partial charge in [0.1, 0.15) is 5.76 Å². The summed E-state index contributed by atoms with van der Waals surface area (Å²) < 4.78 is 5.30. The third-order valence-electron chi connectivity index (χ3n) is 3.38. The smallest absolute Gasteiger partial charge is 0.228 e. The van der Waals surface area contributed by atoms with Crippen LogP contribution in [0.3, 0.4) is 0 Å². The van der Waals surface area contributed by atoms with E-state index in [1.54, 1.807) is 24.7 Å². The summed E-state index contributed by atoms with van der Waals surface area (Å²) in [4.78, 5) is 16.0. The van der Waals surface area contributed by atoms with Gasteiger partial charge in [0.05, 0.1) is 24.8 Å². The van der Waals surface area contributed by atoms with Gasteiger partial charge in [0.15, 0.2) is 0 Å². The van der Waals surface area contributed by atoms with Crippen LogP contribution in [0.15, 0.2) is 41.3 Å². The van der Waals surface area contributed by atoms with Crippen molar-refractivity contribution in [3.8, 4) is 0 Å². The SMILES string of the molecule is O=C(Nc1cnccc1CO)C1CC1c1ccco1. The molecule has 1 aliphatic carbocycles. The number of anilines is 1. The van der Waals surface area contributed by atoms with Crippen LogP contribution in [0, 0.1) is 5.92 Å². The highest BCUT2D eigenvalue weighted by atomic mass is 16.3. The van der Waals surface area contributed by atoms with Crippen molar-refractivity contribution in [1.82, 2.24) is 4.98 Å². The molecule has 2 unspecified atom stereocenters. The van der Waals surface area contributed by atoms with Gasteiger partial charge in [0.2, 0.25) is 5.91 Å². The van der Waals surface area contributed by atoms with E-state index in [9.17, 15) is 9.90 Å². The van der Waals surface area contributed by atoms with Crippen molar-refractivity contribution < 1.29 is 14.3 Å². The number of aromatic nitrogens is 1. The summed E-state index contributed by atoms with van der Waals surface area (Å²) in [6.45, 7) is -0.121. The van der Waals surface area contributed by atoms with Crippen molar-refractivity contribution in [2.24, 2.45) is 5.92 Å². The number of nitrogens with one attached hydrogen (secondary N) is 1. The molecule has 0 aromatic carbocycles. The molecule has 0 radical (unpaired) electrons. The largest absolute Gasteiger partial charge is 0.469 e. The molecule has 98 valence electrons. The molecule has 2 N–H and O–H groups in total. The van der Waals surface area contributed by atoms with Crippen molar-refractivity contribution >= 4 is 11.6 Å². The van der Waals surface area contributed by atoms with E-state index in [-0.39, 0.29) is 24.3 Å². The van der Waals surface area contributed by atoms with Crippen molar-refractivity contribution in [3.63, 3.8) is 0 Å². The van der Waals surface area contributed by atoms with Crippen molar-refractivity contribution in [2.75, 3.05) is 5.32 Å². The number of furan rings is 1. The predicted molar refractivity (Wildman–Crippen MR) is 68.3 cm³/mol. The fourth-order valence-electron chi connectivity index (χ4n) is 2.20. The zero-order valence-electron chi connectivity index (χ0n) is 10.2. The van der Waals surface area contributed by atoms with E-state index in [4.69, 9.17) is 4.42 Å². The molecule has 0 spiro atoms. The molecule has 0 saturated heterocycles. The maximum atomic E-state index is 12.1. The minimum atomic E-state index is -0.121. The van der Waals surface area contributed by atoms with Crippen LogP contribution in [0.25, 0.3) is 0 Å². The first-order valence-corrected chi connectivity index (χ1v) is 6.17. The fraction of sp³-hybridized carbons (Fsp3) is 0.286. The van der Waals surface area contributed by atoms with Gasteiger partial charge in [-0.2, -0.15) is 0 Å². The zero-order chi connectivity index (χ0) is 13.2. The molecule has 1 aliphatic rings. The quantitative estimate of drug-likeness (QED) is 0.878. The molecule has 1 fully saturated rings. The first-order chi connectivity index (χ1) is 9.29. The Balaban J connectivity index is 1.67. The summed E-state index contributed by atoms with van der Waals surface area (Å²) in [5.74, 6) is 0.917. The number of amides is 1. The van der Waals surface area contributed by atoms with E-state index in [1.807, 2.05) is 12.1 Å². The number of aliphatic hydroxyl groups is 1. The Morgan fingerprint density at radius 2 is 2.42 bits per heavy atom. The summed E-state index contributed by atoms with van der Waals surface area (Å²) in [5, 5.41) is 12.0. The van der Waals surface area contributed by atoms with Crippen LogP contribution in [0.4, 0.5) is 5.69 Å². The first-order valence-electron chi connectivity index (χ1n) is 6.17. The van der Waals surface area contributed by atoms with Crippen molar-refractivity contribution in [3.05, 3.63) is 48.2 Å². The molecular formula is C14H14N2O3. The van der Waals surface area contributed by atoms with Crippen LogP contribution in [0.2, 0.25) is 0 Å². The van der Waals surface area contributed by atoms with Gasteiger partial charge in [0.25, 0.3) is 0 Å². The molecule has 0 aliphatic heterocycles. The van der Waals surface area contributed by atoms with E-state index in [0.29, 0.717) is 11.3 Å². The van der Waals surface area contributed by atoms with Gasteiger partial charge in [-0.3, -0.25) is 9.78 Å². The normalized spacial score (nSPS) is 21.1. The van der Waals surface area contributed by atoms with E-state index in [2.05, 4.69) is 10.3 Å². The molecule has 1 saturated carbocycles. The number of hydrogen-bond donors (Lipinski definition) is 2. The van der Waals surface area contributed by atoms with Crippen molar-refractivity contribution in [2.45, 2.75) is 18.9 Å². The second-order valence-electron chi connectivity index (χ2n) is 4.64. The van der Waals surface area contributed by atoms with Crippen LogP contribution < -0.4 is 5.32 Å². The lowest BCUT2D eigenvalue weighted by atomic mass is 10.2. The van der Waals surface area contributed by atoms with Gasteiger partial charge in [-0.15, -0.1) is 0 Å². The molecular weight excluding hydrogens is 244 g/mol. The minimum Gasteiger partial charge on any atom is -0.469 e. The third kappa shape index (κ3) is 2.37. The number of pyridine rings is 1. The number of rotatable bonds is 4. The van der Waals surface area contributed by atoms with Gasteiger partial charge in [-0.05, 0) is 24.6 Å². The number of hydrogen-bond acceptors (Lipinski definition) is 4. The Morgan fingerprint density at radius 3 is 3.16 bits per heavy atom. The van der Waals surface area contributed by atoms with Gasteiger partial charge in [-0.1, -0.05) is 0 Å². The number of carbonyl (C=O) groups excluding carboxylic acids is 1. The van der Waals surface area contributed by atoms with Crippen LogP contribution in [0.1, 0.15) is 23.7 Å². The molecule has 5 nitrogen and oxygen atoms in total.